The van der Waals surface area contributed by atoms with Crippen LogP contribution in [0.5, 0.6) is 0 Å². The largest absolute Gasteiger partial charge is 0.389 e. The molecule has 0 amide bonds. The van der Waals surface area contributed by atoms with Gasteiger partial charge < -0.3 is 15.4 Å². The fraction of sp³-hybridized carbons (Fsp3) is 0.538. The first-order valence-corrected chi connectivity index (χ1v) is 6.61. The van der Waals surface area contributed by atoms with Crippen molar-refractivity contribution in [3.63, 3.8) is 0 Å². The summed E-state index contributed by atoms with van der Waals surface area (Å²) in [5, 5.41) is 0. The third-order valence-electron chi connectivity index (χ3n) is 3.09. The first-order valence-electron chi connectivity index (χ1n) is 6.20. The molecule has 18 heavy (non-hydrogen) atoms. The highest BCUT2D eigenvalue weighted by molar-refractivity contribution is 7.80. The van der Waals surface area contributed by atoms with Crippen LogP contribution in [0, 0.1) is 13.8 Å². The van der Waals surface area contributed by atoms with Gasteiger partial charge in [-0.05, 0) is 31.9 Å². The standard InChI is InChI=1S/C13H19N3OS/c1-9-8-10(2)15-13(11(9)12(14)18)16-4-3-6-17-7-5-16/h8H,3-7H2,1-2H3,(H2,14,18). The van der Waals surface area contributed by atoms with E-state index >= 15 is 0 Å². The van der Waals surface area contributed by atoms with Crippen molar-refractivity contribution < 1.29 is 4.74 Å². The van der Waals surface area contributed by atoms with Gasteiger partial charge in [0, 0.05) is 25.4 Å². The van der Waals surface area contributed by atoms with Gasteiger partial charge in [-0.2, -0.15) is 0 Å². The molecule has 2 rings (SSSR count). The molecule has 1 aromatic heterocycles. The number of nitrogens with two attached hydrogens (primary N) is 1. The number of thiocarbonyl (C=S) groups is 1. The summed E-state index contributed by atoms with van der Waals surface area (Å²) in [6.45, 7) is 7.33. The molecular weight excluding hydrogens is 246 g/mol. The molecule has 0 aromatic carbocycles. The van der Waals surface area contributed by atoms with E-state index in [1.54, 1.807) is 0 Å². The number of hydrogen-bond acceptors (Lipinski definition) is 4. The Labute approximate surface area is 113 Å². The maximum Gasteiger partial charge on any atom is 0.139 e. The molecule has 0 atom stereocenters. The molecule has 4 nitrogen and oxygen atoms in total. The molecule has 0 saturated carbocycles. The maximum atomic E-state index is 5.84. The summed E-state index contributed by atoms with van der Waals surface area (Å²) in [5.41, 5.74) is 8.83. The van der Waals surface area contributed by atoms with Crippen LogP contribution < -0.4 is 10.6 Å². The SMILES string of the molecule is Cc1cc(C)c(C(N)=S)c(N2CCCOCC2)n1. The van der Waals surface area contributed by atoms with Crippen molar-refractivity contribution in [1.29, 1.82) is 0 Å². The number of anilines is 1. The van der Waals surface area contributed by atoms with E-state index in [9.17, 15) is 0 Å². The summed E-state index contributed by atoms with van der Waals surface area (Å²) < 4.78 is 5.47. The quantitative estimate of drug-likeness (QED) is 0.822. The van der Waals surface area contributed by atoms with E-state index in [0.717, 1.165) is 55.4 Å². The Morgan fingerprint density at radius 3 is 2.89 bits per heavy atom. The average molecular weight is 265 g/mol. The number of hydrogen-bond donors (Lipinski definition) is 1. The van der Waals surface area contributed by atoms with Gasteiger partial charge in [0.25, 0.3) is 0 Å². The minimum atomic E-state index is 0.417. The number of nitrogens with zero attached hydrogens (tertiary/aromatic N) is 2. The van der Waals surface area contributed by atoms with Gasteiger partial charge in [0.15, 0.2) is 0 Å². The molecule has 1 aromatic rings. The van der Waals surface area contributed by atoms with E-state index in [1.807, 2.05) is 19.9 Å². The van der Waals surface area contributed by atoms with Gasteiger partial charge >= 0.3 is 0 Å². The molecular formula is C13H19N3OS. The predicted octanol–water partition coefficient (Wildman–Crippen LogP) is 1.56. The number of ether oxygens (including phenoxy) is 1. The smallest absolute Gasteiger partial charge is 0.139 e. The zero-order valence-corrected chi connectivity index (χ0v) is 11.7. The second kappa shape index (κ2) is 5.63. The Hall–Kier alpha value is -1.20. The van der Waals surface area contributed by atoms with Crippen LogP contribution in [0.1, 0.15) is 23.2 Å². The van der Waals surface area contributed by atoms with Crippen LogP contribution in [0.3, 0.4) is 0 Å². The van der Waals surface area contributed by atoms with Crippen LogP contribution in [0.4, 0.5) is 5.82 Å². The van der Waals surface area contributed by atoms with Crippen molar-refractivity contribution in [2.75, 3.05) is 31.2 Å². The molecule has 98 valence electrons. The third-order valence-corrected chi connectivity index (χ3v) is 3.30. The van der Waals surface area contributed by atoms with Crippen molar-refractivity contribution in [2.24, 2.45) is 5.73 Å². The fourth-order valence-corrected chi connectivity index (χ4v) is 2.56. The summed E-state index contributed by atoms with van der Waals surface area (Å²) in [5.74, 6) is 0.908. The lowest BCUT2D eigenvalue weighted by atomic mass is 10.1. The Bertz CT molecular complexity index is 454. The highest BCUT2D eigenvalue weighted by atomic mass is 32.1. The summed E-state index contributed by atoms with van der Waals surface area (Å²) in [6, 6.07) is 2.02. The number of aromatic nitrogens is 1. The molecule has 0 spiro atoms. The van der Waals surface area contributed by atoms with Crippen LogP contribution in [0.25, 0.3) is 0 Å². The van der Waals surface area contributed by atoms with Crippen molar-refractivity contribution >= 4 is 23.0 Å². The maximum absolute atomic E-state index is 5.84. The topological polar surface area (TPSA) is 51.4 Å². The lowest BCUT2D eigenvalue weighted by molar-refractivity contribution is 0.152. The third kappa shape index (κ3) is 2.79. The van der Waals surface area contributed by atoms with Crippen LogP contribution in [-0.4, -0.2) is 36.3 Å². The van der Waals surface area contributed by atoms with Gasteiger partial charge in [0.1, 0.15) is 10.8 Å². The number of aryl methyl sites for hydroxylation is 2. The highest BCUT2D eigenvalue weighted by Crippen LogP contribution is 2.23. The van der Waals surface area contributed by atoms with Crippen molar-refractivity contribution in [3.05, 3.63) is 22.9 Å². The summed E-state index contributed by atoms with van der Waals surface area (Å²) in [7, 11) is 0. The Morgan fingerprint density at radius 2 is 2.17 bits per heavy atom. The Morgan fingerprint density at radius 1 is 1.39 bits per heavy atom. The minimum Gasteiger partial charge on any atom is -0.389 e. The molecule has 0 aliphatic carbocycles. The molecule has 1 aliphatic heterocycles. The second-order valence-corrected chi connectivity index (χ2v) is 5.04. The van der Waals surface area contributed by atoms with Crippen molar-refractivity contribution in [2.45, 2.75) is 20.3 Å². The zero-order chi connectivity index (χ0) is 13.1. The molecule has 0 radical (unpaired) electrons. The van der Waals surface area contributed by atoms with Crippen LogP contribution >= 0.6 is 12.2 Å². The van der Waals surface area contributed by atoms with E-state index in [0.29, 0.717) is 4.99 Å². The normalized spacial score (nSPS) is 16.4. The molecule has 0 bridgehead atoms. The summed E-state index contributed by atoms with van der Waals surface area (Å²) in [4.78, 5) is 7.26. The second-order valence-electron chi connectivity index (χ2n) is 4.60. The van der Waals surface area contributed by atoms with Gasteiger partial charge in [0.2, 0.25) is 0 Å². The van der Waals surface area contributed by atoms with Gasteiger partial charge in [0.05, 0.1) is 12.2 Å². The van der Waals surface area contributed by atoms with Crippen LogP contribution in [0.15, 0.2) is 6.07 Å². The molecule has 1 aliphatic rings. The zero-order valence-electron chi connectivity index (χ0n) is 10.9. The monoisotopic (exact) mass is 265 g/mol. The Balaban J connectivity index is 2.43. The highest BCUT2D eigenvalue weighted by Gasteiger charge is 2.18. The first kappa shape index (κ1) is 13.2. The molecule has 5 heteroatoms. The van der Waals surface area contributed by atoms with E-state index in [-0.39, 0.29) is 0 Å². The van der Waals surface area contributed by atoms with E-state index in [4.69, 9.17) is 22.7 Å². The molecule has 0 unspecified atom stereocenters. The van der Waals surface area contributed by atoms with E-state index in [1.165, 1.54) is 0 Å². The molecule has 2 N–H and O–H groups in total. The predicted molar refractivity (Wildman–Crippen MR) is 77.2 cm³/mol. The van der Waals surface area contributed by atoms with Crippen molar-refractivity contribution in [3.8, 4) is 0 Å². The van der Waals surface area contributed by atoms with Crippen molar-refractivity contribution in [1.82, 2.24) is 4.98 Å². The Kier molecular flexibility index (Phi) is 4.14. The summed E-state index contributed by atoms with van der Waals surface area (Å²) in [6.07, 6.45) is 1.01. The van der Waals surface area contributed by atoms with Gasteiger partial charge in [-0.15, -0.1) is 0 Å². The van der Waals surface area contributed by atoms with Gasteiger partial charge in [-0.25, -0.2) is 4.98 Å². The van der Waals surface area contributed by atoms with Gasteiger partial charge in [-0.1, -0.05) is 12.2 Å². The number of rotatable bonds is 2. The van der Waals surface area contributed by atoms with Gasteiger partial charge in [-0.3, -0.25) is 0 Å². The van der Waals surface area contributed by atoms with E-state index < -0.39 is 0 Å². The van der Waals surface area contributed by atoms with Crippen LogP contribution in [-0.2, 0) is 4.74 Å². The van der Waals surface area contributed by atoms with Crippen LogP contribution in [0.2, 0.25) is 0 Å². The average Bonchev–Trinajstić information content (AvgIpc) is 2.55. The minimum absolute atomic E-state index is 0.417. The first-order chi connectivity index (χ1) is 8.59. The lowest BCUT2D eigenvalue weighted by Gasteiger charge is -2.24. The number of pyridine rings is 1. The lowest BCUT2D eigenvalue weighted by Crippen LogP contribution is -2.30. The van der Waals surface area contributed by atoms with E-state index in [2.05, 4.69) is 9.88 Å². The molecule has 1 fully saturated rings. The molecule has 2 heterocycles. The molecule has 1 saturated heterocycles. The fourth-order valence-electron chi connectivity index (χ4n) is 2.31. The summed E-state index contributed by atoms with van der Waals surface area (Å²) >= 11 is 5.16.